The first-order valence-electron chi connectivity index (χ1n) is 10.7. The Morgan fingerprint density at radius 1 is 0.875 bits per heavy atom. The van der Waals surface area contributed by atoms with E-state index in [4.69, 9.17) is 19.2 Å². The zero-order chi connectivity index (χ0) is 22.9. The first kappa shape index (κ1) is 24.0. The van der Waals surface area contributed by atoms with Crippen LogP contribution >= 0.6 is 11.3 Å². The van der Waals surface area contributed by atoms with E-state index >= 15 is 0 Å². The predicted octanol–water partition coefficient (Wildman–Crippen LogP) is 5.61. The van der Waals surface area contributed by atoms with Gasteiger partial charge < -0.3 is 19.1 Å². The van der Waals surface area contributed by atoms with E-state index in [0.29, 0.717) is 6.61 Å². The molecular formula is C26H32N2O3S. The van der Waals surface area contributed by atoms with Gasteiger partial charge in [0.1, 0.15) is 16.5 Å². The van der Waals surface area contributed by atoms with Crippen molar-refractivity contribution >= 4 is 22.5 Å². The zero-order valence-electron chi connectivity index (χ0n) is 19.6. The second-order valence-electron chi connectivity index (χ2n) is 7.79. The fourth-order valence-electron chi connectivity index (χ4n) is 3.60. The fraction of sp³-hybridized carbons (Fsp3) is 0.346. The van der Waals surface area contributed by atoms with Gasteiger partial charge in [0, 0.05) is 25.6 Å². The van der Waals surface area contributed by atoms with Crippen molar-refractivity contribution in [3.8, 4) is 11.5 Å². The van der Waals surface area contributed by atoms with Crippen LogP contribution < -0.4 is 9.47 Å². The van der Waals surface area contributed by atoms with Crippen LogP contribution in [0.1, 0.15) is 34.7 Å². The van der Waals surface area contributed by atoms with Gasteiger partial charge in [0.05, 0.1) is 19.9 Å². The van der Waals surface area contributed by atoms with E-state index in [-0.39, 0.29) is 0 Å². The third-order valence-corrected chi connectivity index (χ3v) is 6.07. The molecule has 6 heteroatoms. The minimum absolute atomic E-state index is 0.706. The summed E-state index contributed by atoms with van der Waals surface area (Å²) in [5.41, 5.74) is 5.76. The summed E-state index contributed by atoms with van der Waals surface area (Å²) < 4.78 is 16.1. The summed E-state index contributed by atoms with van der Waals surface area (Å²) >= 11 is 1.70. The van der Waals surface area contributed by atoms with Gasteiger partial charge in [0.15, 0.2) is 0 Å². The number of thiazole rings is 1. The van der Waals surface area contributed by atoms with E-state index in [0.717, 1.165) is 52.7 Å². The number of nitrogens with zero attached hydrogens (tertiary/aromatic N) is 2. The molecule has 0 spiro atoms. The van der Waals surface area contributed by atoms with Crippen LogP contribution in [0.4, 0.5) is 0 Å². The molecule has 1 aromatic heterocycles. The average Bonchev–Trinajstić information content (AvgIpc) is 3.26. The summed E-state index contributed by atoms with van der Waals surface area (Å²) in [5, 5.41) is 3.21. The van der Waals surface area contributed by atoms with Gasteiger partial charge in [0.2, 0.25) is 0 Å². The van der Waals surface area contributed by atoms with Crippen LogP contribution in [-0.4, -0.2) is 51.9 Å². The Morgan fingerprint density at radius 3 is 1.91 bits per heavy atom. The van der Waals surface area contributed by atoms with Crippen LogP contribution in [0.5, 0.6) is 11.5 Å². The van der Waals surface area contributed by atoms with Crippen molar-refractivity contribution in [2.24, 2.45) is 0 Å². The highest BCUT2D eigenvalue weighted by Gasteiger charge is 2.18. The Balaban J connectivity index is 2.17. The summed E-state index contributed by atoms with van der Waals surface area (Å²) in [6.45, 7) is 1.53. The molecule has 0 saturated carbocycles. The average molecular weight is 453 g/mol. The maximum Gasteiger partial charge on any atom is 0.120 e. The molecule has 3 rings (SSSR count). The van der Waals surface area contributed by atoms with Crippen LogP contribution in [0.3, 0.4) is 0 Å². The molecule has 0 aliphatic rings. The lowest BCUT2D eigenvalue weighted by atomic mass is 9.91. The molecule has 0 unspecified atom stereocenters. The Labute approximate surface area is 195 Å². The highest BCUT2D eigenvalue weighted by molar-refractivity contribution is 7.10. The molecule has 3 aromatic rings. The monoisotopic (exact) mass is 452 g/mol. The van der Waals surface area contributed by atoms with Crippen molar-refractivity contribution in [2.75, 3.05) is 42.0 Å². The van der Waals surface area contributed by atoms with Gasteiger partial charge in [-0.25, -0.2) is 4.98 Å². The standard InChI is InChI=1S/C26H32N2O3S/c1-28(2)17-21-18-32-26(27-21)24(7-6-16-29-3)25(19-8-12-22(30-4)13-9-19)20-10-14-23(31-5)15-11-20/h8-15,18H,6-7,16-17H2,1-5H3. The SMILES string of the molecule is COCCCC(=C(c1ccc(OC)cc1)c1ccc(OC)cc1)c1nc(CN(C)C)cs1. The fourth-order valence-corrected chi connectivity index (χ4v) is 4.50. The van der Waals surface area contributed by atoms with Gasteiger partial charge in [-0.05, 0) is 73.5 Å². The van der Waals surface area contributed by atoms with Gasteiger partial charge in [-0.15, -0.1) is 11.3 Å². The summed E-state index contributed by atoms with van der Waals surface area (Å²) in [7, 11) is 9.25. The molecule has 0 amide bonds. The van der Waals surface area contributed by atoms with Crippen molar-refractivity contribution in [3.63, 3.8) is 0 Å². The molecule has 0 aliphatic carbocycles. The van der Waals surface area contributed by atoms with Crippen molar-refractivity contribution in [1.29, 1.82) is 0 Å². The molecule has 5 nitrogen and oxygen atoms in total. The number of hydrogen-bond acceptors (Lipinski definition) is 6. The lowest BCUT2D eigenvalue weighted by molar-refractivity contribution is 0.196. The number of methoxy groups -OCH3 is 3. The summed E-state index contributed by atoms with van der Waals surface area (Å²) in [4.78, 5) is 7.14. The third kappa shape index (κ3) is 6.19. The number of hydrogen-bond donors (Lipinski definition) is 0. The van der Waals surface area contributed by atoms with Crippen LogP contribution in [0.25, 0.3) is 11.1 Å². The second-order valence-corrected chi connectivity index (χ2v) is 8.65. The van der Waals surface area contributed by atoms with E-state index in [1.54, 1.807) is 32.7 Å². The highest BCUT2D eigenvalue weighted by atomic mass is 32.1. The van der Waals surface area contributed by atoms with E-state index in [9.17, 15) is 0 Å². The molecule has 32 heavy (non-hydrogen) atoms. The maximum absolute atomic E-state index is 5.39. The third-order valence-electron chi connectivity index (χ3n) is 5.12. The number of aromatic nitrogens is 1. The molecule has 0 atom stereocenters. The molecule has 0 saturated heterocycles. The number of allylic oxidation sites excluding steroid dienone is 1. The summed E-state index contributed by atoms with van der Waals surface area (Å²) in [6.07, 6.45) is 1.79. The van der Waals surface area contributed by atoms with Gasteiger partial charge in [-0.1, -0.05) is 24.3 Å². The van der Waals surface area contributed by atoms with Crippen molar-refractivity contribution in [1.82, 2.24) is 9.88 Å². The molecular weight excluding hydrogens is 420 g/mol. The Morgan fingerprint density at radius 2 is 1.44 bits per heavy atom. The molecule has 0 fully saturated rings. The molecule has 0 aliphatic heterocycles. The number of benzene rings is 2. The van der Waals surface area contributed by atoms with Gasteiger partial charge in [0.25, 0.3) is 0 Å². The largest absolute Gasteiger partial charge is 0.497 e. The van der Waals surface area contributed by atoms with Crippen molar-refractivity contribution < 1.29 is 14.2 Å². The van der Waals surface area contributed by atoms with E-state index in [2.05, 4.69) is 48.6 Å². The van der Waals surface area contributed by atoms with Crippen molar-refractivity contribution in [2.45, 2.75) is 19.4 Å². The smallest absolute Gasteiger partial charge is 0.120 e. The van der Waals surface area contributed by atoms with Crippen LogP contribution in [0, 0.1) is 0 Å². The number of ether oxygens (including phenoxy) is 3. The first-order valence-corrected chi connectivity index (χ1v) is 11.5. The topological polar surface area (TPSA) is 43.8 Å². The van der Waals surface area contributed by atoms with Crippen molar-refractivity contribution in [3.05, 3.63) is 75.7 Å². The van der Waals surface area contributed by atoms with Gasteiger partial charge in [-0.2, -0.15) is 0 Å². The first-order chi connectivity index (χ1) is 15.5. The zero-order valence-corrected chi connectivity index (χ0v) is 20.4. The minimum atomic E-state index is 0.706. The Bertz CT molecular complexity index is 959. The van der Waals surface area contributed by atoms with Gasteiger partial charge >= 0.3 is 0 Å². The van der Waals surface area contributed by atoms with Gasteiger partial charge in [-0.3, -0.25) is 0 Å². The molecule has 0 bridgehead atoms. The minimum Gasteiger partial charge on any atom is -0.497 e. The summed E-state index contributed by atoms with van der Waals surface area (Å²) in [6, 6.07) is 16.5. The lowest BCUT2D eigenvalue weighted by Crippen LogP contribution is -2.10. The highest BCUT2D eigenvalue weighted by Crippen LogP contribution is 2.37. The molecule has 0 N–H and O–H groups in total. The lowest BCUT2D eigenvalue weighted by Gasteiger charge is -2.16. The maximum atomic E-state index is 5.39. The van der Waals surface area contributed by atoms with Crippen LogP contribution in [0.2, 0.25) is 0 Å². The molecule has 170 valence electrons. The van der Waals surface area contributed by atoms with E-state index < -0.39 is 0 Å². The van der Waals surface area contributed by atoms with Crippen LogP contribution in [-0.2, 0) is 11.3 Å². The molecule has 2 aromatic carbocycles. The van der Waals surface area contributed by atoms with E-state index in [1.807, 2.05) is 24.3 Å². The van der Waals surface area contributed by atoms with E-state index in [1.165, 1.54) is 11.1 Å². The molecule has 1 heterocycles. The molecule has 0 radical (unpaired) electrons. The number of rotatable bonds is 11. The Kier molecular flexibility index (Phi) is 8.85. The Hall–Kier alpha value is -2.67. The quantitative estimate of drug-likeness (QED) is 0.354. The van der Waals surface area contributed by atoms with Crippen LogP contribution in [0.15, 0.2) is 53.9 Å². The normalized spacial score (nSPS) is 10.9. The predicted molar refractivity (Wildman–Crippen MR) is 133 cm³/mol. The summed E-state index contributed by atoms with van der Waals surface area (Å²) in [5.74, 6) is 1.68. The second kappa shape index (κ2) is 11.8.